The standard InChI is InChI=1S/C21H26F2N6O/c1-14-8-15(2)29(26-14)20-11-19(30-13-18-12-28(3)27-25-18)10-17(24-20)9-16-4-6-21(22,23)7-5-16/h8,10-12,16H,4-7,9,13H2,1-3H3. The summed E-state index contributed by atoms with van der Waals surface area (Å²) in [6.45, 7) is 4.18. The van der Waals surface area contributed by atoms with E-state index >= 15 is 0 Å². The molecule has 1 saturated carbocycles. The fourth-order valence-corrected chi connectivity index (χ4v) is 3.92. The van der Waals surface area contributed by atoms with Crippen LogP contribution in [0, 0.1) is 19.8 Å². The third-order valence-electron chi connectivity index (χ3n) is 5.44. The van der Waals surface area contributed by atoms with Crippen LogP contribution in [0.2, 0.25) is 0 Å². The van der Waals surface area contributed by atoms with E-state index in [0.29, 0.717) is 30.8 Å². The minimum atomic E-state index is -2.53. The van der Waals surface area contributed by atoms with E-state index < -0.39 is 5.92 Å². The monoisotopic (exact) mass is 416 g/mol. The molecule has 0 bridgehead atoms. The quantitative estimate of drug-likeness (QED) is 0.608. The first-order chi connectivity index (χ1) is 14.3. The Hall–Kier alpha value is -2.84. The molecule has 30 heavy (non-hydrogen) atoms. The molecule has 0 unspecified atom stereocenters. The maximum Gasteiger partial charge on any atom is 0.248 e. The van der Waals surface area contributed by atoms with Crippen molar-refractivity contribution in [3.63, 3.8) is 0 Å². The average Bonchev–Trinajstić information content (AvgIpc) is 3.26. The first kappa shape index (κ1) is 20.4. The topological polar surface area (TPSA) is 70.7 Å². The predicted molar refractivity (Wildman–Crippen MR) is 107 cm³/mol. The van der Waals surface area contributed by atoms with E-state index in [1.807, 2.05) is 32.0 Å². The van der Waals surface area contributed by atoms with E-state index in [4.69, 9.17) is 9.72 Å². The molecule has 0 aromatic carbocycles. The lowest BCUT2D eigenvalue weighted by Crippen LogP contribution is -2.25. The van der Waals surface area contributed by atoms with Crippen LogP contribution in [-0.4, -0.2) is 35.7 Å². The van der Waals surface area contributed by atoms with Crippen LogP contribution >= 0.6 is 0 Å². The fraction of sp³-hybridized carbons (Fsp3) is 0.524. The van der Waals surface area contributed by atoms with Crippen molar-refractivity contribution < 1.29 is 13.5 Å². The zero-order valence-corrected chi connectivity index (χ0v) is 17.5. The van der Waals surface area contributed by atoms with Gasteiger partial charge in [0.15, 0.2) is 5.82 Å². The Morgan fingerprint density at radius 2 is 1.90 bits per heavy atom. The van der Waals surface area contributed by atoms with Crippen LogP contribution in [0.25, 0.3) is 5.82 Å². The molecule has 3 aromatic heterocycles. The largest absolute Gasteiger partial charge is 0.487 e. The van der Waals surface area contributed by atoms with Gasteiger partial charge in [0.1, 0.15) is 18.1 Å². The van der Waals surface area contributed by atoms with Gasteiger partial charge in [0.2, 0.25) is 5.92 Å². The first-order valence-corrected chi connectivity index (χ1v) is 10.2. The van der Waals surface area contributed by atoms with E-state index in [1.165, 1.54) is 0 Å². The highest BCUT2D eigenvalue weighted by Gasteiger charge is 2.35. The highest BCUT2D eigenvalue weighted by atomic mass is 19.3. The summed E-state index contributed by atoms with van der Waals surface area (Å²) >= 11 is 0. The van der Waals surface area contributed by atoms with Crippen LogP contribution in [0.15, 0.2) is 24.4 Å². The number of hydrogen-bond donors (Lipinski definition) is 0. The Balaban J connectivity index is 1.58. The molecule has 0 atom stereocenters. The number of alkyl halides is 2. The molecule has 160 valence electrons. The van der Waals surface area contributed by atoms with Gasteiger partial charge in [-0.15, -0.1) is 5.10 Å². The van der Waals surface area contributed by atoms with Gasteiger partial charge in [-0.05, 0) is 45.1 Å². The number of aromatic nitrogens is 6. The zero-order chi connectivity index (χ0) is 21.3. The molecule has 1 fully saturated rings. The number of hydrogen-bond acceptors (Lipinski definition) is 5. The lowest BCUT2D eigenvalue weighted by molar-refractivity contribution is -0.0457. The number of nitrogens with zero attached hydrogens (tertiary/aromatic N) is 6. The van der Waals surface area contributed by atoms with Crippen LogP contribution in [0.5, 0.6) is 5.75 Å². The SMILES string of the molecule is Cc1cc(C)n(-c2cc(OCc3cn(C)nn3)cc(CC3CCC(F)(F)CC3)n2)n1. The third kappa shape index (κ3) is 4.83. The van der Waals surface area contributed by atoms with Crippen molar-refractivity contribution in [1.82, 2.24) is 29.8 Å². The average molecular weight is 416 g/mol. The van der Waals surface area contributed by atoms with Crippen molar-refractivity contribution in [2.45, 2.75) is 58.5 Å². The Morgan fingerprint density at radius 3 is 2.53 bits per heavy atom. The zero-order valence-electron chi connectivity index (χ0n) is 17.5. The summed E-state index contributed by atoms with van der Waals surface area (Å²) in [5, 5.41) is 12.5. The Labute approximate surface area is 174 Å². The Bertz CT molecular complexity index is 1020. The molecule has 0 aliphatic heterocycles. The van der Waals surface area contributed by atoms with Gasteiger partial charge in [-0.2, -0.15) is 5.10 Å². The normalized spacial score (nSPS) is 16.7. The number of pyridine rings is 1. The number of ether oxygens (including phenoxy) is 1. The maximum absolute atomic E-state index is 13.5. The summed E-state index contributed by atoms with van der Waals surface area (Å²) in [5.41, 5.74) is 3.41. The van der Waals surface area contributed by atoms with Crippen molar-refractivity contribution in [3.05, 3.63) is 47.2 Å². The predicted octanol–water partition coefficient (Wildman–Crippen LogP) is 3.96. The van der Waals surface area contributed by atoms with Gasteiger partial charge in [0.05, 0.1) is 11.9 Å². The van der Waals surface area contributed by atoms with Crippen molar-refractivity contribution in [2.24, 2.45) is 13.0 Å². The summed E-state index contributed by atoms with van der Waals surface area (Å²) in [6.07, 6.45) is 3.36. The molecule has 0 radical (unpaired) electrons. The van der Waals surface area contributed by atoms with Crippen LogP contribution in [0.3, 0.4) is 0 Å². The van der Waals surface area contributed by atoms with Crippen molar-refractivity contribution in [2.75, 3.05) is 0 Å². The maximum atomic E-state index is 13.5. The lowest BCUT2D eigenvalue weighted by Gasteiger charge is -2.28. The molecule has 3 aromatic rings. The molecule has 0 saturated heterocycles. The summed E-state index contributed by atoms with van der Waals surface area (Å²) < 4.78 is 36.4. The molecule has 0 spiro atoms. The minimum absolute atomic E-state index is 0.0507. The molecule has 3 heterocycles. The van der Waals surface area contributed by atoms with Crippen molar-refractivity contribution in [1.29, 1.82) is 0 Å². The van der Waals surface area contributed by atoms with Gasteiger partial charge >= 0.3 is 0 Å². The lowest BCUT2D eigenvalue weighted by atomic mass is 9.84. The van der Waals surface area contributed by atoms with Gasteiger partial charge in [-0.1, -0.05) is 5.21 Å². The highest BCUT2D eigenvalue weighted by molar-refractivity contribution is 5.36. The summed E-state index contributed by atoms with van der Waals surface area (Å²) in [6, 6.07) is 5.71. The van der Waals surface area contributed by atoms with E-state index in [2.05, 4.69) is 15.4 Å². The number of halogens is 2. The third-order valence-corrected chi connectivity index (χ3v) is 5.44. The van der Waals surface area contributed by atoms with Crippen molar-refractivity contribution >= 4 is 0 Å². The number of rotatable bonds is 6. The summed E-state index contributed by atoms with van der Waals surface area (Å²) in [7, 11) is 1.80. The van der Waals surface area contributed by atoms with Gasteiger partial charge < -0.3 is 4.74 Å². The van der Waals surface area contributed by atoms with E-state index in [1.54, 1.807) is 22.6 Å². The van der Waals surface area contributed by atoms with Crippen LogP contribution in [0.1, 0.15) is 48.5 Å². The molecule has 0 amide bonds. The molecule has 7 nitrogen and oxygen atoms in total. The van der Waals surface area contributed by atoms with E-state index in [0.717, 1.165) is 22.8 Å². The highest BCUT2D eigenvalue weighted by Crippen LogP contribution is 2.37. The minimum Gasteiger partial charge on any atom is -0.487 e. The fourth-order valence-electron chi connectivity index (χ4n) is 3.92. The Morgan fingerprint density at radius 1 is 1.13 bits per heavy atom. The van der Waals surface area contributed by atoms with Gasteiger partial charge in [0.25, 0.3) is 0 Å². The second-order valence-corrected chi connectivity index (χ2v) is 8.17. The van der Waals surface area contributed by atoms with Gasteiger partial charge in [0, 0.05) is 43.4 Å². The van der Waals surface area contributed by atoms with Gasteiger partial charge in [-0.3, -0.25) is 4.68 Å². The van der Waals surface area contributed by atoms with E-state index in [9.17, 15) is 8.78 Å². The van der Waals surface area contributed by atoms with E-state index in [-0.39, 0.29) is 25.4 Å². The second kappa shape index (κ2) is 8.12. The Kier molecular flexibility index (Phi) is 5.53. The molecular weight excluding hydrogens is 390 g/mol. The smallest absolute Gasteiger partial charge is 0.248 e. The molecular formula is C21H26F2N6O. The van der Waals surface area contributed by atoms with Gasteiger partial charge in [-0.25, -0.2) is 18.4 Å². The van der Waals surface area contributed by atoms with Crippen LogP contribution in [-0.2, 0) is 20.1 Å². The van der Waals surface area contributed by atoms with Crippen molar-refractivity contribution in [3.8, 4) is 11.6 Å². The van der Waals surface area contributed by atoms with Crippen LogP contribution < -0.4 is 4.74 Å². The van der Waals surface area contributed by atoms with Crippen LogP contribution in [0.4, 0.5) is 8.78 Å². The molecule has 4 rings (SSSR count). The summed E-state index contributed by atoms with van der Waals surface area (Å²) in [4.78, 5) is 4.77. The molecule has 1 aliphatic carbocycles. The second-order valence-electron chi connectivity index (χ2n) is 8.17. The first-order valence-electron chi connectivity index (χ1n) is 10.2. The number of aryl methyl sites for hydroxylation is 3. The molecule has 1 aliphatic rings. The molecule has 0 N–H and O–H groups in total. The molecule has 9 heteroatoms. The summed E-state index contributed by atoms with van der Waals surface area (Å²) in [5.74, 6) is -1.02.